The quantitative estimate of drug-likeness (QED) is 0.397. The summed E-state index contributed by atoms with van der Waals surface area (Å²) in [5.41, 5.74) is 9.00. The molecule has 0 heterocycles. The van der Waals surface area contributed by atoms with Crippen LogP contribution in [0.5, 0.6) is 0 Å². The number of hydrogen-bond donors (Lipinski definition) is 2. The molecule has 0 aromatic rings. The third-order valence-corrected chi connectivity index (χ3v) is 4.50. The monoisotopic (exact) mass is 546 g/mol. The molecule has 0 aromatic carbocycles. The predicted molar refractivity (Wildman–Crippen MR) is 106 cm³/mol. The van der Waals surface area contributed by atoms with Crippen molar-refractivity contribution in [3.63, 3.8) is 0 Å². The molecule has 0 saturated heterocycles. The molecule has 0 spiro atoms. The van der Waals surface area contributed by atoms with Crippen LogP contribution < -0.4 is 11.5 Å². The van der Waals surface area contributed by atoms with Gasteiger partial charge in [-0.25, -0.2) is 0 Å². The van der Waals surface area contributed by atoms with Crippen LogP contribution in [0, 0.1) is 0 Å². The van der Waals surface area contributed by atoms with Gasteiger partial charge in [-0.05, 0) is 38.5 Å². The number of rotatable bonds is 6. The van der Waals surface area contributed by atoms with Crippen LogP contribution >= 0.6 is 19.6 Å². The summed E-state index contributed by atoms with van der Waals surface area (Å²) in [5, 5.41) is 0. The zero-order valence-electron chi connectivity index (χ0n) is 14.8. The number of quaternary nitrogens is 2. The Balaban J connectivity index is -0.0000000634. The molecule has 0 aliphatic heterocycles. The average Bonchev–Trinajstić information content (AvgIpc) is 2.47. The van der Waals surface area contributed by atoms with Crippen LogP contribution in [-0.4, -0.2) is 11.1 Å². The summed E-state index contributed by atoms with van der Waals surface area (Å²) in [6.45, 7) is 13.3. The first kappa shape index (κ1) is 34.2. The first-order valence-electron chi connectivity index (χ1n) is 7.40. The Labute approximate surface area is 163 Å². The van der Waals surface area contributed by atoms with Gasteiger partial charge in [0.05, 0.1) is 11.1 Å². The van der Waals surface area contributed by atoms with Crippen LogP contribution in [0.3, 0.4) is 0 Å². The Kier molecular flexibility index (Phi) is 35.4. The van der Waals surface area contributed by atoms with Gasteiger partial charge in [-0.2, -0.15) is 0 Å². The molecule has 0 bridgehead atoms. The molecular formula is C14H38N2S4W. The first-order valence-corrected chi connectivity index (χ1v) is 15.3. The van der Waals surface area contributed by atoms with Crippen LogP contribution in [0.1, 0.15) is 80.1 Å². The van der Waals surface area contributed by atoms with Gasteiger partial charge in [-0.15, -0.1) is 0 Å². The van der Waals surface area contributed by atoms with E-state index in [0.717, 1.165) is 0 Å². The zero-order valence-corrected chi connectivity index (χ0v) is 21.1. The molecule has 0 radical (unpaired) electrons. The summed E-state index contributed by atoms with van der Waals surface area (Å²) in [4.78, 5) is 0. The summed E-state index contributed by atoms with van der Waals surface area (Å²) in [5.74, 6) is 0. The van der Waals surface area contributed by atoms with Crippen molar-refractivity contribution in [3.05, 3.63) is 0 Å². The summed E-state index contributed by atoms with van der Waals surface area (Å²) >= 11 is -0.583. The van der Waals surface area contributed by atoms with E-state index in [0.29, 0.717) is 11.1 Å². The van der Waals surface area contributed by atoms with Gasteiger partial charge >= 0.3 is 34.6 Å². The van der Waals surface area contributed by atoms with E-state index in [4.69, 9.17) is 0 Å². The molecule has 0 aliphatic rings. The Morgan fingerprint density at radius 3 is 0.714 bits per heavy atom. The van der Waals surface area contributed by atoms with Gasteiger partial charge in [0.25, 0.3) is 0 Å². The summed E-state index contributed by atoms with van der Waals surface area (Å²) in [7, 11) is 8.75. The molecule has 134 valence electrons. The maximum atomic E-state index is 4.38. The van der Waals surface area contributed by atoms with Crippen molar-refractivity contribution in [1.82, 2.24) is 0 Å². The van der Waals surface area contributed by atoms with Gasteiger partial charge in [0.1, 0.15) is 0 Å². The van der Waals surface area contributed by atoms with Gasteiger partial charge < -0.3 is 38.5 Å². The van der Waals surface area contributed by atoms with E-state index in [9.17, 15) is 0 Å². The van der Waals surface area contributed by atoms with E-state index in [1.807, 2.05) is 0 Å². The second kappa shape index (κ2) is 21.7. The van der Waals surface area contributed by atoms with Gasteiger partial charge in [0.15, 0.2) is 0 Å². The van der Waals surface area contributed by atoms with Crippen molar-refractivity contribution in [2.75, 3.05) is 0 Å². The Hall–Kier alpha value is 1.75. The van der Waals surface area contributed by atoms with Crippen molar-refractivity contribution >= 4 is 46.6 Å². The third-order valence-electron chi connectivity index (χ3n) is 4.50. The minimum absolute atomic E-state index is 0. The van der Waals surface area contributed by atoms with E-state index in [1.165, 1.54) is 38.5 Å². The van der Waals surface area contributed by atoms with Crippen LogP contribution in [-0.2, 0) is 41.9 Å². The van der Waals surface area contributed by atoms with Gasteiger partial charge in [0, 0.05) is 0 Å². The molecule has 0 aromatic heterocycles. The predicted octanol–water partition coefficient (Wildman–Crippen LogP) is 3.15. The summed E-state index contributed by atoms with van der Waals surface area (Å²) in [6.07, 6.45) is 7.25. The molecule has 0 amide bonds. The van der Waals surface area contributed by atoms with Crippen LogP contribution in [0.15, 0.2) is 0 Å². The first-order chi connectivity index (χ1) is 8.78. The van der Waals surface area contributed by atoms with E-state index in [-0.39, 0.29) is 27.0 Å². The Bertz CT molecular complexity index is 192. The van der Waals surface area contributed by atoms with Crippen LogP contribution in [0.2, 0.25) is 0 Å². The fraction of sp³-hybridized carbons (Fsp3) is 1.00. The van der Waals surface area contributed by atoms with E-state index >= 15 is 0 Å². The topological polar surface area (TPSA) is 55.3 Å². The third kappa shape index (κ3) is 21.7. The van der Waals surface area contributed by atoms with Crippen molar-refractivity contribution in [1.29, 1.82) is 0 Å². The van der Waals surface area contributed by atoms with Crippen molar-refractivity contribution in [3.8, 4) is 0 Å². The SMILES string of the molecule is CCC([NH3+])(CC)CC.CCC([NH3+])(CC)CC.[SH-].[SH-].[S]=[W]=[S]. The normalized spacial score (nSPS) is 9.71. The maximum absolute atomic E-state index is 4.38. The molecule has 2 nitrogen and oxygen atoms in total. The molecule has 0 unspecified atom stereocenters. The molecule has 0 rings (SSSR count). The molecule has 0 saturated carbocycles. The Morgan fingerprint density at radius 1 is 0.619 bits per heavy atom. The van der Waals surface area contributed by atoms with Gasteiger partial charge in [-0.1, -0.05) is 41.5 Å². The van der Waals surface area contributed by atoms with Crippen LogP contribution in [0.25, 0.3) is 0 Å². The average molecular weight is 547 g/mol. The van der Waals surface area contributed by atoms with Crippen molar-refractivity contribution in [2.45, 2.75) is 91.1 Å². The fourth-order valence-corrected chi connectivity index (χ4v) is 1.50. The zero-order chi connectivity index (χ0) is 15.9. The molecule has 6 N–H and O–H groups in total. The molecule has 0 aliphatic carbocycles. The molecule has 21 heavy (non-hydrogen) atoms. The summed E-state index contributed by atoms with van der Waals surface area (Å²) < 4.78 is 0. The molecule has 0 fully saturated rings. The van der Waals surface area contributed by atoms with E-state index < -0.39 is 14.9 Å². The van der Waals surface area contributed by atoms with E-state index in [2.05, 4.69) is 72.7 Å². The molecular weight excluding hydrogens is 508 g/mol. The Morgan fingerprint density at radius 2 is 0.714 bits per heavy atom. The second-order valence-electron chi connectivity index (χ2n) is 5.19. The number of thiol groups is 2. The summed E-state index contributed by atoms with van der Waals surface area (Å²) in [6, 6.07) is 0. The fourth-order valence-electron chi connectivity index (χ4n) is 1.50. The van der Waals surface area contributed by atoms with Crippen LogP contribution in [0.4, 0.5) is 0 Å². The molecule has 7 heteroatoms. The standard InChI is InChI=1S/2C7H17N.2H2S.2S.W/c2*1-4-7(8,5-2)6-3;;;;;/h2*4-6,8H2,1-3H3;2*1H2;;;. The number of hydrogen-bond acceptors (Lipinski definition) is 4. The van der Waals surface area contributed by atoms with E-state index in [1.54, 1.807) is 0 Å². The minimum atomic E-state index is -0.583. The van der Waals surface area contributed by atoms with Crippen molar-refractivity contribution < 1.29 is 26.4 Å². The van der Waals surface area contributed by atoms with Gasteiger partial charge in [-0.3, -0.25) is 0 Å². The second-order valence-corrected chi connectivity index (χ2v) is 10.1. The molecule has 0 atom stereocenters. The van der Waals surface area contributed by atoms with Crippen molar-refractivity contribution in [2.24, 2.45) is 0 Å². The van der Waals surface area contributed by atoms with Gasteiger partial charge in [0.2, 0.25) is 0 Å².